The summed E-state index contributed by atoms with van der Waals surface area (Å²) in [4.78, 5) is 2.11. The molecule has 0 spiro atoms. The van der Waals surface area contributed by atoms with Crippen molar-refractivity contribution in [2.24, 2.45) is 7.05 Å². The van der Waals surface area contributed by atoms with Gasteiger partial charge in [0.1, 0.15) is 0 Å². The molecule has 2 rings (SSSR count). The van der Waals surface area contributed by atoms with Crippen molar-refractivity contribution in [2.45, 2.75) is 18.7 Å². The van der Waals surface area contributed by atoms with Gasteiger partial charge in [-0.25, -0.2) is 0 Å². The average molecular weight is 211 g/mol. The lowest BCUT2D eigenvalue weighted by atomic mass is 10.2. The van der Waals surface area contributed by atoms with Gasteiger partial charge in [-0.1, -0.05) is 0 Å². The van der Waals surface area contributed by atoms with Gasteiger partial charge >= 0.3 is 0 Å². The molecule has 1 aliphatic heterocycles. The van der Waals surface area contributed by atoms with E-state index in [1.54, 1.807) is 6.20 Å². The lowest BCUT2D eigenvalue weighted by Crippen LogP contribution is -2.40. The number of aryl methyl sites for hydroxylation is 1. The molecular formula is C10H17N3O2. The number of rotatable bonds is 3. The van der Waals surface area contributed by atoms with Crippen LogP contribution in [0.2, 0.25) is 0 Å². The smallest absolute Gasteiger partial charge is 0.0950 e. The quantitative estimate of drug-likeness (QED) is 0.740. The Morgan fingerprint density at radius 3 is 3.00 bits per heavy atom. The van der Waals surface area contributed by atoms with Crippen molar-refractivity contribution >= 4 is 0 Å². The Labute approximate surface area is 89.3 Å². The molecular weight excluding hydrogens is 194 g/mol. The van der Waals surface area contributed by atoms with E-state index in [9.17, 15) is 5.11 Å². The van der Waals surface area contributed by atoms with Crippen LogP contribution >= 0.6 is 0 Å². The molecule has 5 nitrogen and oxygen atoms in total. The van der Waals surface area contributed by atoms with Crippen molar-refractivity contribution in [1.29, 1.82) is 0 Å². The SMILES string of the molecule is CN(Cc1ccnn1C)[C@@H]1COC[C@H]1O. The maximum atomic E-state index is 9.67. The number of aliphatic hydroxyl groups excluding tert-OH is 1. The molecule has 0 aromatic carbocycles. The predicted molar refractivity (Wildman–Crippen MR) is 55.3 cm³/mol. The Bertz CT molecular complexity index is 326. The predicted octanol–water partition coefficient (Wildman–Crippen LogP) is -0.388. The summed E-state index contributed by atoms with van der Waals surface area (Å²) >= 11 is 0. The van der Waals surface area contributed by atoms with Gasteiger partial charge in [0.15, 0.2) is 0 Å². The van der Waals surface area contributed by atoms with Gasteiger partial charge in [0.2, 0.25) is 0 Å². The largest absolute Gasteiger partial charge is 0.389 e. The van der Waals surface area contributed by atoms with Crippen LogP contribution in [0.1, 0.15) is 5.69 Å². The maximum Gasteiger partial charge on any atom is 0.0950 e. The van der Waals surface area contributed by atoms with Gasteiger partial charge in [-0.15, -0.1) is 0 Å². The van der Waals surface area contributed by atoms with Crippen molar-refractivity contribution in [1.82, 2.24) is 14.7 Å². The summed E-state index contributed by atoms with van der Waals surface area (Å²) in [6.45, 7) is 1.83. The van der Waals surface area contributed by atoms with E-state index in [-0.39, 0.29) is 12.1 Å². The molecule has 0 unspecified atom stereocenters. The number of likely N-dealkylation sites (N-methyl/N-ethyl adjacent to an activating group) is 1. The van der Waals surface area contributed by atoms with Gasteiger partial charge in [0.25, 0.3) is 0 Å². The highest BCUT2D eigenvalue weighted by Crippen LogP contribution is 2.14. The lowest BCUT2D eigenvalue weighted by molar-refractivity contribution is 0.0914. The molecule has 1 aromatic rings. The van der Waals surface area contributed by atoms with Crippen LogP contribution in [0.4, 0.5) is 0 Å². The molecule has 1 aliphatic rings. The first-order chi connectivity index (χ1) is 7.18. The van der Waals surface area contributed by atoms with Crippen LogP contribution in [-0.2, 0) is 18.3 Å². The molecule has 1 N–H and O–H groups in total. The van der Waals surface area contributed by atoms with Crippen LogP contribution in [0.3, 0.4) is 0 Å². The van der Waals surface area contributed by atoms with E-state index in [1.807, 2.05) is 24.8 Å². The highest BCUT2D eigenvalue weighted by atomic mass is 16.5. The summed E-state index contributed by atoms with van der Waals surface area (Å²) in [7, 11) is 3.92. The topological polar surface area (TPSA) is 50.5 Å². The zero-order valence-corrected chi connectivity index (χ0v) is 9.13. The second-order valence-corrected chi connectivity index (χ2v) is 4.03. The van der Waals surface area contributed by atoms with Crippen molar-refractivity contribution in [3.63, 3.8) is 0 Å². The zero-order chi connectivity index (χ0) is 10.8. The summed E-state index contributed by atoms with van der Waals surface area (Å²) < 4.78 is 7.07. The zero-order valence-electron chi connectivity index (χ0n) is 9.13. The van der Waals surface area contributed by atoms with Gasteiger partial charge < -0.3 is 9.84 Å². The summed E-state index contributed by atoms with van der Waals surface area (Å²) in [6.07, 6.45) is 1.41. The molecule has 5 heteroatoms. The van der Waals surface area contributed by atoms with E-state index in [1.165, 1.54) is 0 Å². The third-order valence-electron chi connectivity index (χ3n) is 2.92. The van der Waals surface area contributed by atoms with E-state index in [2.05, 4.69) is 10.00 Å². The van der Waals surface area contributed by atoms with Gasteiger partial charge in [0.05, 0.1) is 31.1 Å². The van der Waals surface area contributed by atoms with E-state index in [0.29, 0.717) is 13.2 Å². The Balaban J connectivity index is 1.97. The van der Waals surface area contributed by atoms with Crippen molar-refractivity contribution in [2.75, 3.05) is 20.3 Å². The molecule has 0 aliphatic carbocycles. The molecule has 84 valence electrons. The Morgan fingerprint density at radius 1 is 1.67 bits per heavy atom. The molecule has 0 amide bonds. The lowest BCUT2D eigenvalue weighted by Gasteiger charge is -2.25. The second kappa shape index (κ2) is 4.30. The van der Waals surface area contributed by atoms with Crippen LogP contribution < -0.4 is 0 Å². The standard InChI is InChI=1S/C10H17N3O2/c1-12(9-6-15-7-10(9)14)5-8-3-4-11-13(8)2/h3-4,9-10,14H,5-7H2,1-2H3/t9-,10-/m1/s1. The maximum absolute atomic E-state index is 9.67. The first-order valence-corrected chi connectivity index (χ1v) is 5.11. The number of hydrogen-bond acceptors (Lipinski definition) is 4. The first kappa shape index (κ1) is 10.6. The van der Waals surface area contributed by atoms with Gasteiger partial charge in [-0.2, -0.15) is 5.10 Å². The first-order valence-electron chi connectivity index (χ1n) is 5.11. The van der Waals surface area contributed by atoms with Crippen LogP contribution in [-0.4, -0.2) is 52.2 Å². The number of nitrogens with zero attached hydrogens (tertiary/aromatic N) is 3. The van der Waals surface area contributed by atoms with Gasteiger partial charge in [-0.05, 0) is 13.1 Å². The fraction of sp³-hybridized carbons (Fsp3) is 0.700. The number of aliphatic hydroxyl groups is 1. The van der Waals surface area contributed by atoms with Crippen molar-refractivity contribution < 1.29 is 9.84 Å². The van der Waals surface area contributed by atoms with Crippen molar-refractivity contribution in [3.8, 4) is 0 Å². The molecule has 0 radical (unpaired) electrons. The molecule has 0 saturated carbocycles. The number of hydrogen-bond donors (Lipinski definition) is 1. The minimum atomic E-state index is -0.372. The second-order valence-electron chi connectivity index (χ2n) is 4.03. The molecule has 1 fully saturated rings. The summed E-state index contributed by atoms with van der Waals surface area (Å²) in [5.41, 5.74) is 1.14. The molecule has 15 heavy (non-hydrogen) atoms. The van der Waals surface area contributed by atoms with Crippen molar-refractivity contribution in [3.05, 3.63) is 18.0 Å². The minimum absolute atomic E-state index is 0.0971. The van der Waals surface area contributed by atoms with Gasteiger partial charge in [0, 0.05) is 19.8 Å². The fourth-order valence-corrected chi connectivity index (χ4v) is 1.88. The fourth-order valence-electron chi connectivity index (χ4n) is 1.88. The Kier molecular flexibility index (Phi) is 3.04. The summed E-state index contributed by atoms with van der Waals surface area (Å²) in [5, 5.41) is 13.8. The van der Waals surface area contributed by atoms with E-state index < -0.39 is 0 Å². The van der Waals surface area contributed by atoms with Crippen LogP contribution in [0.25, 0.3) is 0 Å². The molecule has 0 bridgehead atoms. The van der Waals surface area contributed by atoms with E-state index in [4.69, 9.17) is 4.74 Å². The number of ether oxygens (including phenoxy) is 1. The Hall–Kier alpha value is -0.910. The van der Waals surface area contributed by atoms with Gasteiger partial charge in [-0.3, -0.25) is 9.58 Å². The Morgan fingerprint density at radius 2 is 2.47 bits per heavy atom. The van der Waals surface area contributed by atoms with Crippen LogP contribution in [0.5, 0.6) is 0 Å². The van der Waals surface area contributed by atoms with Crippen LogP contribution in [0, 0.1) is 0 Å². The number of aromatic nitrogens is 2. The average Bonchev–Trinajstić information content (AvgIpc) is 2.76. The normalized spacial score (nSPS) is 26.4. The molecule has 1 aromatic heterocycles. The minimum Gasteiger partial charge on any atom is -0.389 e. The molecule has 2 atom stereocenters. The third-order valence-corrected chi connectivity index (χ3v) is 2.92. The summed E-state index contributed by atoms with van der Waals surface area (Å²) in [5.74, 6) is 0. The van der Waals surface area contributed by atoms with E-state index in [0.717, 1.165) is 12.2 Å². The van der Waals surface area contributed by atoms with Crippen LogP contribution in [0.15, 0.2) is 12.3 Å². The van der Waals surface area contributed by atoms with E-state index >= 15 is 0 Å². The highest BCUT2D eigenvalue weighted by Gasteiger charge is 2.29. The summed E-state index contributed by atoms with van der Waals surface area (Å²) in [6, 6.07) is 2.08. The third kappa shape index (κ3) is 2.19. The highest BCUT2D eigenvalue weighted by molar-refractivity contribution is 5.00. The monoisotopic (exact) mass is 211 g/mol. The molecule has 1 saturated heterocycles. The molecule has 2 heterocycles.